The lowest BCUT2D eigenvalue weighted by atomic mass is 10.00. The average Bonchev–Trinajstić information content (AvgIpc) is 3.55. The quantitative estimate of drug-likeness (QED) is 0.255. The molecule has 6 rings (SSSR count). The molecule has 7 heteroatoms. The Balaban J connectivity index is 1.54. The van der Waals surface area contributed by atoms with Gasteiger partial charge in [0.15, 0.2) is 0 Å². The first-order chi connectivity index (χ1) is 19.6. The van der Waals surface area contributed by atoms with Crippen molar-refractivity contribution in [3.8, 4) is 17.3 Å². The third kappa shape index (κ3) is 4.53. The molecule has 0 aliphatic carbocycles. The Morgan fingerprint density at radius 3 is 2.55 bits per heavy atom. The van der Waals surface area contributed by atoms with Crippen LogP contribution in [0.2, 0.25) is 0 Å². The van der Waals surface area contributed by atoms with Crippen LogP contribution in [0.3, 0.4) is 0 Å². The third-order valence-corrected chi connectivity index (χ3v) is 7.35. The van der Waals surface area contributed by atoms with Gasteiger partial charge in [-0.25, -0.2) is 9.48 Å². The number of hydrogen-bond donors (Lipinski definition) is 1. The fourth-order valence-electron chi connectivity index (χ4n) is 5.58. The van der Waals surface area contributed by atoms with Crippen LogP contribution < -0.4 is 10.1 Å². The molecule has 5 aromatic rings. The van der Waals surface area contributed by atoms with Crippen LogP contribution in [0.5, 0.6) is 5.75 Å². The van der Waals surface area contributed by atoms with Crippen molar-refractivity contribution in [2.24, 2.45) is 0 Å². The largest absolute Gasteiger partial charge is 0.492 e. The molecular weight excluding hydrogens is 498 g/mol. The van der Waals surface area contributed by atoms with E-state index in [1.165, 1.54) is 0 Å². The molecule has 0 saturated carbocycles. The predicted molar refractivity (Wildman–Crippen MR) is 157 cm³/mol. The van der Waals surface area contributed by atoms with Crippen LogP contribution in [0.1, 0.15) is 48.0 Å². The molecule has 1 aliphatic heterocycles. The molecule has 0 saturated heterocycles. The minimum atomic E-state index is -0.324. The summed E-state index contributed by atoms with van der Waals surface area (Å²) in [5, 5.41) is 8.21. The van der Waals surface area contributed by atoms with Gasteiger partial charge in [0.05, 0.1) is 42.0 Å². The zero-order valence-electron chi connectivity index (χ0n) is 23.0. The number of urea groups is 1. The van der Waals surface area contributed by atoms with E-state index >= 15 is 0 Å². The van der Waals surface area contributed by atoms with Crippen molar-refractivity contribution in [1.29, 1.82) is 0 Å². The molecule has 1 N–H and O–H groups in total. The minimum Gasteiger partial charge on any atom is -0.492 e. The monoisotopic (exact) mass is 531 g/mol. The Labute approximate surface area is 234 Å². The highest BCUT2D eigenvalue weighted by atomic mass is 16.5. The van der Waals surface area contributed by atoms with Gasteiger partial charge in [0.1, 0.15) is 11.6 Å². The van der Waals surface area contributed by atoms with Crippen LogP contribution in [-0.4, -0.2) is 31.9 Å². The van der Waals surface area contributed by atoms with E-state index in [2.05, 4.69) is 72.4 Å². The highest BCUT2D eigenvalue weighted by Crippen LogP contribution is 2.39. The number of aromatic nitrogens is 3. The van der Waals surface area contributed by atoms with Crippen molar-refractivity contribution in [2.45, 2.75) is 39.8 Å². The minimum absolute atomic E-state index is 0.200. The van der Waals surface area contributed by atoms with Gasteiger partial charge >= 0.3 is 6.03 Å². The summed E-state index contributed by atoms with van der Waals surface area (Å²) < 4.78 is 10.0. The number of ether oxygens (including phenoxy) is 1. The first kappa shape index (κ1) is 25.5. The molecule has 0 bridgehead atoms. The molecule has 40 heavy (non-hydrogen) atoms. The standard InChI is InChI=1S/C33H33N5O2/c1-4-27-26-22-37(33(39)34-28-17-9-10-19-30(28)40-5-2)31(24-14-11-13-23(3)21-24)29-18-12-20-36(29)32(26)38(35-27)25-15-7-6-8-16-25/h6-21,31H,4-5,22H2,1-3H3,(H,34,39). The molecular formula is C33H33N5O2. The average molecular weight is 532 g/mol. The zero-order valence-corrected chi connectivity index (χ0v) is 23.0. The molecule has 0 radical (unpaired) electrons. The van der Waals surface area contributed by atoms with E-state index in [0.717, 1.165) is 46.0 Å². The lowest BCUT2D eigenvalue weighted by Gasteiger charge is -2.31. The van der Waals surface area contributed by atoms with Gasteiger partial charge in [0, 0.05) is 11.8 Å². The first-order valence-electron chi connectivity index (χ1n) is 13.8. The number of para-hydroxylation sites is 3. The number of amides is 2. The second-order valence-corrected chi connectivity index (χ2v) is 9.96. The lowest BCUT2D eigenvalue weighted by molar-refractivity contribution is 0.194. The number of nitrogens with zero attached hydrogens (tertiary/aromatic N) is 4. The number of fused-ring (bicyclic) bond motifs is 3. The summed E-state index contributed by atoms with van der Waals surface area (Å²) in [5.41, 5.74) is 6.82. The van der Waals surface area contributed by atoms with E-state index in [1.54, 1.807) is 0 Å². The Bertz CT molecular complexity index is 1650. The molecule has 1 unspecified atom stereocenters. The maximum Gasteiger partial charge on any atom is 0.323 e. The number of aryl methyl sites for hydroxylation is 2. The number of anilines is 1. The first-order valence-corrected chi connectivity index (χ1v) is 13.8. The smallest absolute Gasteiger partial charge is 0.323 e. The zero-order chi connectivity index (χ0) is 27.6. The fourth-order valence-corrected chi connectivity index (χ4v) is 5.58. The molecule has 1 atom stereocenters. The maximum atomic E-state index is 14.3. The van der Waals surface area contributed by atoms with E-state index in [9.17, 15) is 4.79 Å². The number of nitrogens with one attached hydrogen (secondary N) is 1. The number of carbonyl (C=O) groups excluding carboxylic acids is 1. The summed E-state index contributed by atoms with van der Waals surface area (Å²) in [6.45, 7) is 7.04. The molecule has 3 heterocycles. The number of rotatable bonds is 6. The Kier molecular flexibility index (Phi) is 6.86. The second-order valence-electron chi connectivity index (χ2n) is 9.96. The Morgan fingerprint density at radius 1 is 0.975 bits per heavy atom. The third-order valence-electron chi connectivity index (χ3n) is 7.35. The molecule has 0 fully saturated rings. The number of carbonyl (C=O) groups is 1. The topological polar surface area (TPSA) is 64.3 Å². The normalized spacial score (nSPS) is 14.3. The van der Waals surface area contributed by atoms with Gasteiger partial charge in [-0.2, -0.15) is 5.10 Å². The van der Waals surface area contributed by atoms with E-state index < -0.39 is 0 Å². The van der Waals surface area contributed by atoms with E-state index in [1.807, 2.05) is 65.0 Å². The van der Waals surface area contributed by atoms with Crippen molar-refractivity contribution in [1.82, 2.24) is 19.2 Å². The molecule has 0 spiro atoms. The van der Waals surface area contributed by atoms with Crippen molar-refractivity contribution in [2.75, 3.05) is 11.9 Å². The summed E-state index contributed by atoms with van der Waals surface area (Å²) in [7, 11) is 0. The molecule has 7 nitrogen and oxygen atoms in total. The molecule has 3 aromatic carbocycles. The van der Waals surface area contributed by atoms with E-state index in [0.29, 0.717) is 24.6 Å². The van der Waals surface area contributed by atoms with Crippen LogP contribution in [0.25, 0.3) is 11.5 Å². The summed E-state index contributed by atoms with van der Waals surface area (Å²) >= 11 is 0. The van der Waals surface area contributed by atoms with Crippen LogP contribution >= 0.6 is 0 Å². The van der Waals surface area contributed by atoms with E-state index in [4.69, 9.17) is 9.84 Å². The fraction of sp³-hybridized carbons (Fsp3) is 0.212. The number of hydrogen-bond acceptors (Lipinski definition) is 3. The molecule has 2 aromatic heterocycles. The van der Waals surface area contributed by atoms with Crippen LogP contribution in [-0.2, 0) is 13.0 Å². The van der Waals surface area contributed by atoms with E-state index in [-0.39, 0.29) is 12.1 Å². The van der Waals surface area contributed by atoms with Gasteiger partial charge in [-0.05, 0) is 62.2 Å². The summed E-state index contributed by atoms with van der Waals surface area (Å²) in [6, 6.07) is 29.8. The maximum absolute atomic E-state index is 14.3. The van der Waals surface area contributed by atoms with Crippen molar-refractivity contribution < 1.29 is 9.53 Å². The Morgan fingerprint density at radius 2 is 1.77 bits per heavy atom. The van der Waals surface area contributed by atoms with Crippen molar-refractivity contribution >= 4 is 11.7 Å². The highest BCUT2D eigenvalue weighted by Gasteiger charge is 2.36. The van der Waals surface area contributed by atoms with Gasteiger partial charge in [-0.15, -0.1) is 0 Å². The van der Waals surface area contributed by atoms with Gasteiger partial charge < -0.3 is 19.5 Å². The molecule has 2 amide bonds. The van der Waals surface area contributed by atoms with Crippen molar-refractivity contribution in [3.05, 3.63) is 125 Å². The predicted octanol–water partition coefficient (Wildman–Crippen LogP) is 7.07. The van der Waals surface area contributed by atoms with Crippen LogP contribution in [0.15, 0.2) is 97.2 Å². The second kappa shape index (κ2) is 10.8. The molecule has 1 aliphatic rings. The van der Waals surface area contributed by atoms with Crippen LogP contribution in [0.4, 0.5) is 10.5 Å². The van der Waals surface area contributed by atoms with Gasteiger partial charge in [0.25, 0.3) is 0 Å². The number of benzene rings is 3. The molecule has 202 valence electrons. The van der Waals surface area contributed by atoms with Gasteiger partial charge in [-0.3, -0.25) is 0 Å². The Hall–Kier alpha value is -4.78. The SMILES string of the molecule is CCOc1ccccc1NC(=O)N1Cc2c(CC)nn(-c3ccccc3)c2-n2cccc2C1c1cccc(C)c1. The summed E-state index contributed by atoms with van der Waals surface area (Å²) in [5.74, 6) is 1.61. The van der Waals surface area contributed by atoms with Gasteiger partial charge in [-0.1, -0.05) is 67.1 Å². The van der Waals surface area contributed by atoms with Crippen LogP contribution in [0, 0.1) is 6.92 Å². The highest BCUT2D eigenvalue weighted by molar-refractivity contribution is 5.91. The summed E-state index contributed by atoms with van der Waals surface area (Å²) in [4.78, 5) is 16.2. The lowest BCUT2D eigenvalue weighted by Crippen LogP contribution is -2.38. The summed E-state index contributed by atoms with van der Waals surface area (Å²) in [6.07, 6.45) is 2.82. The van der Waals surface area contributed by atoms with Gasteiger partial charge in [0.2, 0.25) is 0 Å². The van der Waals surface area contributed by atoms with Crippen molar-refractivity contribution in [3.63, 3.8) is 0 Å².